The molecule has 1 saturated heterocycles. The minimum Gasteiger partial charge on any atom is -0.449 e. The van der Waals surface area contributed by atoms with E-state index in [0.29, 0.717) is 38.8 Å². The maximum absolute atomic E-state index is 14.3. The normalized spacial score (nSPS) is 29.4. The van der Waals surface area contributed by atoms with E-state index in [1.807, 2.05) is 51.1 Å². The van der Waals surface area contributed by atoms with E-state index in [2.05, 4.69) is 21.9 Å². The number of cyclic esters (lactones) is 1. The van der Waals surface area contributed by atoms with Crippen LogP contribution in [0.2, 0.25) is 0 Å². The number of allylic oxidation sites excluding steroid dienone is 1. The fourth-order valence-electron chi connectivity index (χ4n) is 7.22. The minimum absolute atomic E-state index is 0.0753. The average molecular weight is 740 g/mol. The molecule has 3 heterocycles. The van der Waals surface area contributed by atoms with Crippen molar-refractivity contribution < 1.29 is 41.9 Å². The molecule has 3 N–H and O–H groups in total. The molecule has 2 aliphatic carbocycles. The summed E-state index contributed by atoms with van der Waals surface area (Å²) >= 11 is 0. The Bertz CT molecular complexity index is 1770. The second-order valence-electron chi connectivity index (χ2n) is 15.5. The SMILES string of the molecule is C=C[C@H]1C[C@]1(NC(=O)[C@@H]1C[C@@H]2CN1C(=O)[C@H](CCCC)NC(=O)OCC(C)(C)C/C=C/c1cccc3c1CN(C3)C(=O)O2)C(=O)NS(=O)(=O)C1CC1. The Balaban J connectivity index is 1.28. The highest BCUT2D eigenvalue weighted by Crippen LogP contribution is 2.45. The Morgan fingerprint density at radius 2 is 1.92 bits per heavy atom. The lowest BCUT2D eigenvalue weighted by Crippen LogP contribution is -2.58. The molecule has 0 radical (unpaired) electrons. The summed E-state index contributed by atoms with van der Waals surface area (Å²) in [5.74, 6) is -2.67. The largest absolute Gasteiger partial charge is 0.449 e. The van der Waals surface area contributed by atoms with Gasteiger partial charge < -0.3 is 25.0 Å². The van der Waals surface area contributed by atoms with Crippen molar-refractivity contribution in [2.75, 3.05) is 13.2 Å². The molecular weight excluding hydrogens is 691 g/mol. The molecule has 1 aromatic rings. The maximum Gasteiger partial charge on any atom is 0.410 e. The third-order valence-electron chi connectivity index (χ3n) is 10.6. The van der Waals surface area contributed by atoms with Gasteiger partial charge in [0.05, 0.1) is 24.9 Å². The minimum atomic E-state index is -3.90. The van der Waals surface area contributed by atoms with Gasteiger partial charge in [0.25, 0.3) is 5.91 Å². The zero-order chi connectivity index (χ0) is 37.4. The number of fused-ring (bicyclic) bond motifs is 3. The topological polar surface area (TPSA) is 181 Å². The predicted octanol–water partition coefficient (Wildman–Crippen LogP) is 3.51. The van der Waals surface area contributed by atoms with Crippen molar-refractivity contribution in [3.63, 3.8) is 0 Å². The first-order valence-corrected chi connectivity index (χ1v) is 19.7. The van der Waals surface area contributed by atoms with Gasteiger partial charge >= 0.3 is 12.2 Å². The molecule has 0 unspecified atom stereocenters. The number of carbonyl (C=O) groups excluding carboxylic acids is 5. The molecule has 2 saturated carbocycles. The van der Waals surface area contributed by atoms with Crippen molar-refractivity contribution in [1.29, 1.82) is 0 Å². The third-order valence-corrected chi connectivity index (χ3v) is 12.5. The molecule has 52 heavy (non-hydrogen) atoms. The number of carbonyl (C=O) groups is 5. The number of ether oxygens (including phenoxy) is 2. The molecule has 3 fully saturated rings. The van der Waals surface area contributed by atoms with Gasteiger partial charge in [-0.1, -0.05) is 70.0 Å². The lowest BCUT2D eigenvalue weighted by molar-refractivity contribution is -0.141. The molecular formula is C37H49N5O9S. The molecule has 3 aliphatic heterocycles. The molecule has 15 heteroatoms. The van der Waals surface area contributed by atoms with Gasteiger partial charge in [0.15, 0.2) is 0 Å². The van der Waals surface area contributed by atoms with E-state index in [1.165, 1.54) is 11.0 Å². The average Bonchev–Trinajstić information content (AvgIpc) is 3.99. The van der Waals surface area contributed by atoms with Gasteiger partial charge in [0, 0.05) is 24.3 Å². The standard InChI is InChI=1S/C37H49N5O9S/c1-5-7-13-29-32(44)42-20-26(17-30(42)31(43)39-37(18-25(37)6-2)33(45)40-52(48,49)27-14-15-27)51-35(47)41-19-24-11-8-10-23(28(24)21-41)12-9-16-36(3,4)22-50-34(46)38-29/h6,8-12,25-27,29-30H,2,5,7,13-22H2,1,3-4H3,(H,38,46)(H,39,43)(H,40,45)/b12-9+/t25-,26+,29-,30-,37+/m0/s1. The predicted molar refractivity (Wildman–Crippen MR) is 191 cm³/mol. The Hall–Kier alpha value is -4.40. The molecule has 5 atom stereocenters. The Morgan fingerprint density at radius 1 is 1.15 bits per heavy atom. The number of nitrogens with one attached hydrogen (secondary N) is 3. The molecule has 4 bridgehead atoms. The number of hydrogen-bond donors (Lipinski definition) is 3. The van der Waals surface area contributed by atoms with Crippen LogP contribution in [-0.4, -0.2) is 90.3 Å². The Morgan fingerprint density at radius 3 is 2.62 bits per heavy atom. The number of sulfonamides is 1. The van der Waals surface area contributed by atoms with Gasteiger partial charge in [-0.3, -0.25) is 24.0 Å². The highest BCUT2D eigenvalue weighted by molar-refractivity contribution is 7.91. The molecule has 1 aromatic carbocycles. The summed E-state index contributed by atoms with van der Waals surface area (Å²) < 4.78 is 39.0. The summed E-state index contributed by atoms with van der Waals surface area (Å²) in [5.41, 5.74) is 0.953. The lowest BCUT2D eigenvalue weighted by atomic mass is 9.90. The van der Waals surface area contributed by atoms with E-state index in [-0.39, 0.29) is 32.4 Å². The van der Waals surface area contributed by atoms with Crippen LogP contribution in [0.5, 0.6) is 0 Å². The monoisotopic (exact) mass is 739 g/mol. The summed E-state index contributed by atoms with van der Waals surface area (Å²) in [4.78, 5) is 71.4. The van der Waals surface area contributed by atoms with E-state index in [4.69, 9.17) is 9.47 Å². The van der Waals surface area contributed by atoms with E-state index >= 15 is 0 Å². The summed E-state index contributed by atoms with van der Waals surface area (Å²) in [6, 6.07) is 3.64. The maximum atomic E-state index is 14.3. The molecule has 14 nitrogen and oxygen atoms in total. The summed E-state index contributed by atoms with van der Waals surface area (Å²) in [7, 11) is -3.90. The summed E-state index contributed by atoms with van der Waals surface area (Å²) in [6.07, 6.45) is 6.40. The molecule has 0 aromatic heterocycles. The molecule has 5 amide bonds. The number of amides is 5. The lowest BCUT2D eigenvalue weighted by Gasteiger charge is -2.30. The van der Waals surface area contributed by atoms with Crippen molar-refractivity contribution in [3.05, 3.63) is 53.6 Å². The molecule has 5 aliphatic rings. The van der Waals surface area contributed by atoms with Gasteiger partial charge in [-0.25, -0.2) is 18.0 Å². The fraction of sp³-hybridized carbons (Fsp3) is 0.595. The number of benzene rings is 1. The smallest absolute Gasteiger partial charge is 0.410 e. The summed E-state index contributed by atoms with van der Waals surface area (Å²) in [5, 5.41) is 4.80. The van der Waals surface area contributed by atoms with Crippen molar-refractivity contribution in [2.24, 2.45) is 11.3 Å². The number of hydrogen-bond acceptors (Lipinski definition) is 9. The quantitative estimate of drug-likeness (QED) is 0.320. The van der Waals surface area contributed by atoms with Crippen molar-refractivity contribution in [1.82, 2.24) is 25.2 Å². The van der Waals surface area contributed by atoms with E-state index in [1.54, 1.807) is 4.90 Å². The highest BCUT2D eigenvalue weighted by atomic mass is 32.2. The van der Waals surface area contributed by atoms with Crippen LogP contribution in [0.15, 0.2) is 36.9 Å². The van der Waals surface area contributed by atoms with Gasteiger partial charge in [0.1, 0.15) is 23.7 Å². The first kappa shape index (κ1) is 37.4. The third kappa shape index (κ3) is 7.98. The van der Waals surface area contributed by atoms with Crippen LogP contribution in [0, 0.1) is 11.3 Å². The molecule has 282 valence electrons. The zero-order valence-electron chi connectivity index (χ0n) is 30.0. The highest BCUT2D eigenvalue weighted by Gasteiger charge is 2.62. The van der Waals surface area contributed by atoms with Crippen molar-refractivity contribution in [3.8, 4) is 0 Å². The van der Waals surface area contributed by atoms with Crippen LogP contribution < -0.4 is 15.4 Å². The van der Waals surface area contributed by atoms with Crippen LogP contribution in [0.1, 0.15) is 88.8 Å². The van der Waals surface area contributed by atoms with Gasteiger partial charge in [-0.2, -0.15) is 0 Å². The Labute approximate surface area is 304 Å². The van der Waals surface area contributed by atoms with Gasteiger partial charge in [0.2, 0.25) is 21.8 Å². The van der Waals surface area contributed by atoms with E-state index in [0.717, 1.165) is 23.1 Å². The van der Waals surface area contributed by atoms with Crippen LogP contribution >= 0.6 is 0 Å². The van der Waals surface area contributed by atoms with Gasteiger partial charge in [-0.15, -0.1) is 6.58 Å². The number of nitrogens with zero attached hydrogens (tertiary/aromatic N) is 2. The van der Waals surface area contributed by atoms with Gasteiger partial charge in [-0.05, 0) is 48.8 Å². The first-order valence-electron chi connectivity index (χ1n) is 18.1. The number of alkyl carbamates (subject to hydrolysis) is 1. The van der Waals surface area contributed by atoms with Crippen LogP contribution in [0.4, 0.5) is 9.59 Å². The molecule has 0 spiro atoms. The van der Waals surface area contributed by atoms with Crippen molar-refractivity contribution in [2.45, 2.75) is 114 Å². The Kier molecular flexibility index (Phi) is 10.5. The van der Waals surface area contributed by atoms with Crippen LogP contribution in [0.25, 0.3) is 6.08 Å². The van der Waals surface area contributed by atoms with E-state index in [9.17, 15) is 32.4 Å². The van der Waals surface area contributed by atoms with Crippen molar-refractivity contribution >= 4 is 46.0 Å². The zero-order valence-corrected chi connectivity index (χ0v) is 30.8. The fourth-order valence-corrected chi connectivity index (χ4v) is 8.58. The van der Waals surface area contributed by atoms with Crippen LogP contribution in [0.3, 0.4) is 0 Å². The number of unbranched alkanes of at least 4 members (excludes halogenated alkanes) is 1. The molecule has 6 rings (SSSR count). The second-order valence-corrected chi connectivity index (χ2v) is 17.4. The number of rotatable bonds is 9. The van der Waals surface area contributed by atoms with E-state index < -0.39 is 80.2 Å². The summed E-state index contributed by atoms with van der Waals surface area (Å²) in [6.45, 7) is 10.3. The second kappa shape index (κ2) is 14.6. The van der Waals surface area contributed by atoms with Crippen LogP contribution in [-0.2, 0) is 47.0 Å². The first-order chi connectivity index (χ1) is 24.7.